The summed E-state index contributed by atoms with van der Waals surface area (Å²) in [4.78, 5) is 23.1. The second kappa shape index (κ2) is 7.44. The van der Waals surface area contributed by atoms with Gasteiger partial charge in [0.15, 0.2) is 0 Å². The number of anilines is 1. The fourth-order valence-electron chi connectivity index (χ4n) is 3.60. The van der Waals surface area contributed by atoms with Crippen molar-refractivity contribution in [1.82, 2.24) is 14.9 Å². The second-order valence-corrected chi connectivity index (χ2v) is 6.70. The van der Waals surface area contributed by atoms with Crippen molar-refractivity contribution in [3.05, 3.63) is 18.1 Å². The molecule has 0 radical (unpaired) electrons. The third kappa shape index (κ3) is 3.84. The van der Waals surface area contributed by atoms with Crippen LogP contribution in [0.3, 0.4) is 0 Å². The van der Waals surface area contributed by atoms with E-state index in [1.807, 2.05) is 0 Å². The molecule has 0 bridgehead atoms. The standard InChI is InChI=1S/C17H26N4O3/c1-18-16-15(19-7-8-20-16)13-12-21(9-10-24-13)14(22)11-17(23)5-3-2-4-6-17/h7-8,13,23H,2-6,9-12H2,1H3,(H,18,20)/t13-/m1/s1. The molecule has 24 heavy (non-hydrogen) atoms. The topological polar surface area (TPSA) is 87.6 Å². The molecule has 1 aliphatic carbocycles. The van der Waals surface area contributed by atoms with E-state index in [-0.39, 0.29) is 18.4 Å². The lowest BCUT2D eigenvalue weighted by Crippen LogP contribution is -2.46. The highest BCUT2D eigenvalue weighted by atomic mass is 16.5. The van der Waals surface area contributed by atoms with E-state index in [4.69, 9.17) is 4.74 Å². The number of nitrogens with one attached hydrogen (secondary N) is 1. The van der Waals surface area contributed by atoms with Crippen LogP contribution in [0.2, 0.25) is 0 Å². The molecule has 2 aliphatic rings. The Hall–Kier alpha value is -1.73. The number of hydrogen-bond acceptors (Lipinski definition) is 6. The van der Waals surface area contributed by atoms with Crippen LogP contribution >= 0.6 is 0 Å². The van der Waals surface area contributed by atoms with Gasteiger partial charge in [0.2, 0.25) is 5.91 Å². The van der Waals surface area contributed by atoms with Crippen LogP contribution in [0.1, 0.15) is 50.3 Å². The SMILES string of the molecule is CNc1nccnc1[C@H]1CN(C(=O)CC2(O)CCCCC2)CCO1. The number of hydrogen-bond donors (Lipinski definition) is 2. The van der Waals surface area contributed by atoms with Crippen LogP contribution < -0.4 is 5.32 Å². The van der Waals surface area contributed by atoms with Crippen LogP contribution in [0.25, 0.3) is 0 Å². The molecule has 0 unspecified atom stereocenters. The van der Waals surface area contributed by atoms with Crippen LogP contribution in [0.4, 0.5) is 5.82 Å². The molecule has 7 heteroatoms. The van der Waals surface area contributed by atoms with E-state index in [0.717, 1.165) is 32.1 Å². The largest absolute Gasteiger partial charge is 0.389 e. The Balaban J connectivity index is 1.65. The number of rotatable bonds is 4. The Morgan fingerprint density at radius 2 is 2.12 bits per heavy atom. The Labute approximate surface area is 142 Å². The van der Waals surface area contributed by atoms with Gasteiger partial charge in [-0.3, -0.25) is 9.78 Å². The summed E-state index contributed by atoms with van der Waals surface area (Å²) in [6.45, 7) is 1.47. The van der Waals surface area contributed by atoms with Gasteiger partial charge in [-0.2, -0.15) is 0 Å². The van der Waals surface area contributed by atoms with Gasteiger partial charge in [-0.25, -0.2) is 4.98 Å². The molecule has 7 nitrogen and oxygen atoms in total. The van der Waals surface area contributed by atoms with Gasteiger partial charge in [-0.1, -0.05) is 19.3 Å². The minimum absolute atomic E-state index is 0.00241. The van der Waals surface area contributed by atoms with Crippen molar-refractivity contribution in [3.63, 3.8) is 0 Å². The highest BCUT2D eigenvalue weighted by Crippen LogP contribution is 2.32. The molecule has 2 fully saturated rings. The highest BCUT2D eigenvalue weighted by molar-refractivity contribution is 5.77. The first-order valence-corrected chi connectivity index (χ1v) is 8.72. The van der Waals surface area contributed by atoms with Crippen molar-refractivity contribution in [3.8, 4) is 0 Å². The van der Waals surface area contributed by atoms with Crippen molar-refractivity contribution in [2.24, 2.45) is 0 Å². The maximum Gasteiger partial charge on any atom is 0.225 e. The number of morpholine rings is 1. The van der Waals surface area contributed by atoms with Crippen LogP contribution in [-0.4, -0.2) is 58.2 Å². The van der Waals surface area contributed by atoms with E-state index >= 15 is 0 Å². The molecule has 1 aromatic heterocycles. The Morgan fingerprint density at radius 3 is 2.88 bits per heavy atom. The number of aromatic nitrogens is 2. The summed E-state index contributed by atoms with van der Waals surface area (Å²) >= 11 is 0. The third-order valence-corrected chi connectivity index (χ3v) is 4.95. The zero-order valence-corrected chi connectivity index (χ0v) is 14.2. The summed E-state index contributed by atoms with van der Waals surface area (Å²) in [6, 6.07) is 0. The first-order chi connectivity index (χ1) is 11.6. The predicted octanol–water partition coefficient (Wildman–Crippen LogP) is 1.50. The maximum absolute atomic E-state index is 12.7. The van der Waals surface area contributed by atoms with Crippen LogP contribution in [0.5, 0.6) is 0 Å². The molecule has 132 valence electrons. The molecule has 0 spiro atoms. The summed E-state index contributed by atoms with van der Waals surface area (Å²) in [5.74, 6) is 0.672. The molecule has 1 amide bonds. The second-order valence-electron chi connectivity index (χ2n) is 6.70. The van der Waals surface area contributed by atoms with Crippen molar-refractivity contribution in [2.75, 3.05) is 32.1 Å². The van der Waals surface area contributed by atoms with Gasteiger partial charge in [-0.05, 0) is 12.8 Å². The molecule has 0 aromatic carbocycles. The van der Waals surface area contributed by atoms with Crippen molar-refractivity contribution < 1.29 is 14.6 Å². The van der Waals surface area contributed by atoms with Gasteiger partial charge >= 0.3 is 0 Å². The first-order valence-electron chi connectivity index (χ1n) is 8.72. The Bertz CT molecular complexity index is 575. The molecule has 1 aromatic rings. The lowest BCUT2D eigenvalue weighted by atomic mass is 9.82. The molecular weight excluding hydrogens is 308 g/mol. The molecule has 1 saturated carbocycles. The van der Waals surface area contributed by atoms with Crippen LogP contribution in [0.15, 0.2) is 12.4 Å². The molecule has 1 saturated heterocycles. The fourth-order valence-corrected chi connectivity index (χ4v) is 3.60. The van der Waals surface area contributed by atoms with Gasteiger partial charge < -0.3 is 20.1 Å². The summed E-state index contributed by atoms with van der Waals surface area (Å²) in [5, 5.41) is 13.6. The van der Waals surface area contributed by atoms with Crippen LogP contribution in [0, 0.1) is 0 Å². The molecule has 3 rings (SSSR count). The summed E-state index contributed by atoms with van der Waals surface area (Å²) in [7, 11) is 1.79. The smallest absolute Gasteiger partial charge is 0.225 e. The number of carbonyl (C=O) groups is 1. The maximum atomic E-state index is 12.7. The predicted molar refractivity (Wildman–Crippen MR) is 89.5 cm³/mol. The number of aliphatic hydroxyl groups is 1. The van der Waals surface area contributed by atoms with Gasteiger partial charge in [0.25, 0.3) is 0 Å². The van der Waals surface area contributed by atoms with E-state index in [1.54, 1.807) is 24.3 Å². The number of amides is 1. The zero-order chi connectivity index (χ0) is 17.0. The van der Waals surface area contributed by atoms with E-state index in [9.17, 15) is 9.90 Å². The quantitative estimate of drug-likeness (QED) is 0.868. The van der Waals surface area contributed by atoms with Crippen molar-refractivity contribution in [2.45, 2.75) is 50.2 Å². The number of carbonyl (C=O) groups excluding carboxylic acids is 1. The molecular formula is C17H26N4O3. The third-order valence-electron chi connectivity index (χ3n) is 4.95. The lowest BCUT2D eigenvalue weighted by Gasteiger charge is -2.37. The Morgan fingerprint density at radius 1 is 1.38 bits per heavy atom. The molecule has 1 atom stereocenters. The highest BCUT2D eigenvalue weighted by Gasteiger charge is 2.35. The number of ether oxygens (including phenoxy) is 1. The average molecular weight is 334 g/mol. The summed E-state index contributed by atoms with van der Waals surface area (Å²) < 4.78 is 5.80. The van der Waals surface area contributed by atoms with Gasteiger partial charge in [0, 0.05) is 26.0 Å². The lowest BCUT2D eigenvalue weighted by molar-refractivity contribution is -0.145. The number of nitrogens with zero attached hydrogens (tertiary/aromatic N) is 3. The minimum atomic E-state index is -0.828. The zero-order valence-electron chi connectivity index (χ0n) is 14.2. The summed E-state index contributed by atoms with van der Waals surface area (Å²) in [5.41, 5.74) is -0.111. The van der Waals surface area contributed by atoms with Crippen LogP contribution in [-0.2, 0) is 9.53 Å². The molecule has 2 heterocycles. The van der Waals surface area contributed by atoms with Crippen molar-refractivity contribution >= 4 is 11.7 Å². The van der Waals surface area contributed by atoms with E-state index in [1.165, 1.54) is 0 Å². The van der Waals surface area contributed by atoms with E-state index < -0.39 is 5.60 Å². The normalized spacial score (nSPS) is 23.8. The van der Waals surface area contributed by atoms with Crippen molar-refractivity contribution in [1.29, 1.82) is 0 Å². The average Bonchev–Trinajstić information content (AvgIpc) is 2.62. The molecule has 2 N–H and O–H groups in total. The fraction of sp³-hybridized carbons (Fsp3) is 0.706. The van der Waals surface area contributed by atoms with E-state index in [2.05, 4.69) is 15.3 Å². The van der Waals surface area contributed by atoms with Gasteiger partial charge in [-0.15, -0.1) is 0 Å². The monoisotopic (exact) mass is 334 g/mol. The first kappa shape index (κ1) is 17.1. The summed E-state index contributed by atoms with van der Waals surface area (Å²) in [6.07, 6.45) is 7.77. The molecule has 1 aliphatic heterocycles. The van der Waals surface area contributed by atoms with Gasteiger partial charge in [0.05, 0.1) is 25.2 Å². The minimum Gasteiger partial charge on any atom is -0.389 e. The van der Waals surface area contributed by atoms with E-state index in [0.29, 0.717) is 31.2 Å². The van der Waals surface area contributed by atoms with Gasteiger partial charge in [0.1, 0.15) is 17.6 Å². The Kier molecular flexibility index (Phi) is 5.30.